The lowest BCUT2D eigenvalue weighted by atomic mass is 9.87. The van der Waals surface area contributed by atoms with Crippen molar-refractivity contribution in [2.24, 2.45) is 5.92 Å². The van der Waals surface area contributed by atoms with Crippen molar-refractivity contribution in [2.45, 2.75) is 45.2 Å². The Balaban J connectivity index is 3.04. The zero-order chi connectivity index (χ0) is 11.1. The molecule has 1 heterocycles. The van der Waals surface area contributed by atoms with Crippen molar-refractivity contribution in [2.75, 3.05) is 7.11 Å². The van der Waals surface area contributed by atoms with Crippen LogP contribution in [-0.4, -0.2) is 29.2 Å². The second-order valence-electron chi connectivity index (χ2n) is 5.02. The van der Waals surface area contributed by atoms with E-state index in [1.165, 1.54) is 0 Å². The number of aliphatic carboxylic acids is 1. The number of hydroxylamine groups is 2. The van der Waals surface area contributed by atoms with Crippen molar-refractivity contribution >= 4 is 5.97 Å². The summed E-state index contributed by atoms with van der Waals surface area (Å²) >= 11 is 0. The molecule has 0 radical (unpaired) electrons. The standard InChI is InChI=1S/C10H19NO3/c1-9(2)6-7(8(12)13)10(3,4)11(9)14-5/h7H,6H2,1-5H3,(H,12,13)/p-1. The van der Waals surface area contributed by atoms with Crippen molar-refractivity contribution in [3.63, 3.8) is 0 Å². The third kappa shape index (κ3) is 1.53. The summed E-state index contributed by atoms with van der Waals surface area (Å²) in [5.41, 5.74) is -0.778. The quantitative estimate of drug-likeness (QED) is 0.638. The number of nitrogens with zero attached hydrogens (tertiary/aromatic N) is 1. The zero-order valence-corrected chi connectivity index (χ0v) is 9.46. The number of hydrogen-bond donors (Lipinski definition) is 0. The second-order valence-corrected chi connectivity index (χ2v) is 5.02. The smallest absolute Gasteiger partial charge is 0.0575 e. The molecule has 1 aliphatic heterocycles. The Labute approximate surface area is 84.8 Å². The number of carboxylic acids is 1. The minimum absolute atomic E-state index is 0.261. The highest BCUT2D eigenvalue weighted by atomic mass is 16.7. The largest absolute Gasteiger partial charge is 0.550 e. The van der Waals surface area contributed by atoms with Crippen LogP contribution < -0.4 is 5.11 Å². The van der Waals surface area contributed by atoms with E-state index in [-0.39, 0.29) is 5.54 Å². The molecule has 1 fully saturated rings. The third-order valence-corrected chi connectivity index (χ3v) is 3.10. The Morgan fingerprint density at radius 1 is 1.43 bits per heavy atom. The fraction of sp³-hybridized carbons (Fsp3) is 0.900. The van der Waals surface area contributed by atoms with Crippen LogP contribution in [-0.2, 0) is 9.63 Å². The number of carbonyl (C=O) groups is 1. The van der Waals surface area contributed by atoms with Gasteiger partial charge in [0.25, 0.3) is 0 Å². The molecule has 1 saturated heterocycles. The Hall–Kier alpha value is -0.610. The number of rotatable bonds is 2. The van der Waals surface area contributed by atoms with Crippen LogP contribution in [0.25, 0.3) is 0 Å². The molecule has 0 N–H and O–H groups in total. The van der Waals surface area contributed by atoms with E-state index in [1.807, 2.05) is 27.7 Å². The van der Waals surface area contributed by atoms with Crippen LogP contribution >= 0.6 is 0 Å². The highest BCUT2D eigenvalue weighted by Crippen LogP contribution is 2.44. The van der Waals surface area contributed by atoms with Crippen molar-refractivity contribution in [1.82, 2.24) is 5.06 Å². The van der Waals surface area contributed by atoms with E-state index in [9.17, 15) is 9.90 Å². The normalized spacial score (nSPS) is 30.5. The average Bonchev–Trinajstić information content (AvgIpc) is 2.17. The number of hydrogen-bond acceptors (Lipinski definition) is 4. The van der Waals surface area contributed by atoms with Gasteiger partial charge in [-0.2, -0.15) is 5.06 Å². The Kier molecular flexibility index (Phi) is 2.63. The van der Waals surface area contributed by atoms with E-state index in [0.717, 1.165) is 0 Å². The van der Waals surface area contributed by atoms with Crippen LogP contribution in [0, 0.1) is 5.92 Å². The SMILES string of the molecule is CON1C(C)(C)CC(C(=O)[O-])C1(C)C. The molecule has 1 rings (SSSR count). The number of carboxylic acid groups (broad SMARTS) is 1. The summed E-state index contributed by atoms with van der Waals surface area (Å²) in [4.78, 5) is 16.2. The predicted molar refractivity (Wildman–Crippen MR) is 50.1 cm³/mol. The van der Waals surface area contributed by atoms with E-state index in [2.05, 4.69) is 0 Å². The predicted octanol–water partition coefficient (Wildman–Crippen LogP) is 0.177. The van der Waals surface area contributed by atoms with Gasteiger partial charge in [0.1, 0.15) is 0 Å². The lowest BCUT2D eigenvalue weighted by Crippen LogP contribution is -2.51. The molecular weight excluding hydrogens is 182 g/mol. The minimum Gasteiger partial charge on any atom is -0.550 e. The van der Waals surface area contributed by atoms with E-state index in [1.54, 1.807) is 12.2 Å². The van der Waals surface area contributed by atoms with Crippen LogP contribution in [0.15, 0.2) is 0 Å². The van der Waals surface area contributed by atoms with Crippen LogP contribution in [0.5, 0.6) is 0 Å². The van der Waals surface area contributed by atoms with Crippen LogP contribution in [0.2, 0.25) is 0 Å². The summed E-state index contributed by atoms with van der Waals surface area (Å²) in [7, 11) is 1.57. The van der Waals surface area contributed by atoms with Crippen molar-refractivity contribution in [3.05, 3.63) is 0 Å². The van der Waals surface area contributed by atoms with Crippen molar-refractivity contribution in [1.29, 1.82) is 0 Å². The molecule has 14 heavy (non-hydrogen) atoms. The Morgan fingerprint density at radius 3 is 2.14 bits per heavy atom. The summed E-state index contributed by atoms with van der Waals surface area (Å²) in [6.45, 7) is 7.68. The summed E-state index contributed by atoms with van der Waals surface area (Å²) in [5.74, 6) is -1.49. The first-order valence-corrected chi connectivity index (χ1v) is 4.79. The maximum Gasteiger partial charge on any atom is 0.0575 e. The highest BCUT2D eigenvalue weighted by molar-refractivity contribution is 5.70. The van der Waals surface area contributed by atoms with E-state index in [0.29, 0.717) is 6.42 Å². The number of carbonyl (C=O) groups excluding carboxylic acids is 1. The van der Waals surface area contributed by atoms with Crippen LogP contribution in [0.1, 0.15) is 34.1 Å². The maximum absolute atomic E-state index is 11.0. The molecule has 0 aromatic rings. The van der Waals surface area contributed by atoms with E-state index in [4.69, 9.17) is 4.84 Å². The van der Waals surface area contributed by atoms with Gasteiger partial charge in [0, 0.05) is 23.0 Å². The first-order chi connectivity index (χ1) is 6.23. The van der Waals surface area contributed by atoms with Crippen molar-refractivity contribution < 1.29 is 14.7 Å². The highest BCUT2D eigenvalue weighted by Gasteiger charge is 2.52. The molecule has 0 amide bonds. The first kappa shape index (κ1) is 11.5. The van der Waals surface area contributed by atoms with Gasteiger partial charge < -0.3 is 14.7 Å². The van der Waals surface area contributed by atoms with Gasteiger partial charge in [0.2, 0.25) is 0 Å². The molecule has 0 bridgehead atoms. The van der Waals surface area contributed by atoms with Gasteiger partial charge in [-0.1, -0.05) is 0 Å². The topological polar surface area (TPSA) is 52.6 Å². The van der Waals surface area contributed by atoms with Crippen molar-refractivity contribution in [3.8, 4) is 0 Å². The van der Waals surface area contributed by atoms with Crippen LogP contribution in [0.3, 0.4) is 0 Å². The van der Waals surface area contributed by atoms with Gasteiger partial charge >= 0.3 is 0 Å². The second kappa shape index (κ2) is 3.21. The maximum atomic E-state index is 11.0. The molecular formula is C10H18NO3-. The fourth-order valence-corrected chi connectivity index (χ4v) is 2.61. The summed E-state index contributed by atoms with van der Waals surface area (Å²) in [6, 6.07) is 0. The fourth-order valence-electron chi connectivity index (χ4n) is 2.61. The van der Waals surface area contributed by atoms with E-state index >= 15 is 0 Å². The lowest BCUT2D eigenvalue weighted by molar-refractivity contribution is -0.316. The molecule has 0 spiro atoms. The molecule has 4 nitrogen and oxygen atoms in total. The summed E-state index contributed by atoms with van der Waals surface area (Å²) in [6.07, 6.45) is 0.552. The summed E-state index contributed by atoms with van der Waals surface area (Å²) < 4.78 is 0. The van der Waals surface area contributed by atoms with Gasteiger partial charge in [-0.3, -0.25) is 0 Å². The van der Waals surface area contributed by atoms with Gasteiger partial charge in [-0.25, -0.2) is 0 Å². The van der Waals surface area contributed by atoms with Gasteiger partial charge in [0.05, 0.1) is 7.11 Å². The zero-order valence-electron chi connectivity index (χ0n) is 9.46. The van der Waals surface area contributed by atoms with Crippen LogP contribution in [0.4, 0.5) is 0 Å². The summed E-state index contributed by atoms with van der Waals surface area (Å²) in [5, 5.41) is 12.7. The Bertz CT molecular complexity index is 248. The minimum atomic E-state index is -0.998. The monoisotopic (exact) mass is 200 g/mol. The van der Waals surface area contributed by atoms with Gasteiger partial charge in [-0.05, 0) is 34.1 Å². The van der Waals surface area contributed by atoms with Gasteiger partial charge in [0.15, 0.2) is 0 Å². The molecule has 4 heteroatoms. The molecule has 0 aliphatic carbocycles. The Morgan fingerprint density at radius 2 is 1.93 bits per heavy atom. The molecule has 82 valence electrons. The molecule has 1 atom stereocenters. The molecule has 0 saturated carbocycles. The van der Waals surface area contributed by atoms with E-state index < -0.39 is 17.4 Å². The average molecular weight is 200 g/mol. The molecule has 0 aromatic carbocycles. The molecule has 1 unspecified atom stereocenters. The van der Waals surface area contributed by atoms with Gasteiger partial charge in [-0.15, -0.1) is 0 Å². The third-order valence-electron chi connectivity index (χ3n) is 3.10. The lowest BCUT2D eigenvalue weighted by Gasteiger charge is -2.39. The molecule has 1 aliphatic rings. The first-order valence-electron chi connectivity index (χ1n) is 4.79. The molecule has 0 aromatic heterocycles.